The monoisotopic (exact) mass is 532 g/mol. The van der Waals surface area contributed by atoms with Gasteiger partial charge in [0.1, 0.15) is 11.9 Å². The van der Waals surface area contributed by atoms with Crippen LogP contribution in [0.1, 0.15) is 25.7 Å². The van der Waals surface area contributed by atoms with Crippen LogP contribution in [-0.2, 0) is 4.74 Å². The van der Waals surface area contributed by atoms with Crippen LogP contribution in [0.4, 0.5) is 11.8 Å². The highest BCUT2D eigenvalue weighted by molar-refractivity contribution is 14.1. The summed E-state index contributed by atoms with van der Waals surface area (Å²) in [6.07, 6.45) is 9.51. The molecule has 1 saturated heterocycles. The van der Waals surface area contributed by atoms with Gasteiger partial charge in [-0.3, -0.25) is 4.98 Å². The quantitative estimate of drug-likeness (QED) is 0.499. The minimum atomic E-state index is 0.142. The summed E-state index contributed by atoms with van der Waals surface area (Å²) in [6, 6.07) is 6.36. The molecule has 9 heteroatoms. The van der Waals surface area contributed by atoms with Crippen molar-refractivity contribution in [1.29, 1.82) is 0 Å². The van der Waals surface area contributed by atoms with E-state index in [4.69, 9.17) is 14.5 Å². The Morgan fingerprint density at radius 2 is 1.81 bits per heavy atom. The molecule has 0 bridgehead atoms. The summed E-state index contributed by atoms with van der Waals surface area (Å²) in [5.74, 6) is 2.29. The van der Waals surface area contributed by atoms with Gasteiger partial charge in [0.15, 0.2) is 0 Å². The first-order valence-corrected chi connectivity index (χ1v) is 11.8. The second kappa shape index (κ2) is 9.47. The molecule has 0 unspecified atom stereocenters. The minimum absolute atomic E-state index is 0.142. The maximum Gasteiger partial charge on any atom is 0.225 e. The normalized spacial score (nSPS) is 21.8. The Balaban J connectivity index is 1.31. The van der Waals surface area contributed by atoms with E-state index in [-0.39, 0.29) is 6.10 Å². The van der Waals surface area contributed by atoms with E-state index in [1.807, 2.05) is 12.3 Å². The molecule has 0 spiro atoms. The number of fused-ring (bicyclic) bond motifs is 1. The second-order valence-electron chi connectivity index (χ2n) is 7.91. The van der Waals surface area contributed by atoms with Crippen molar-refractivity contribution in [3.63, 3.8) is 0 Å². The summed E-state index contributed by atoms with van der Waals surface area (Å²) in [5, 5.41) is 4.41. The van der Waals surface area contributed by atoms with Gasteiger partial charge in [0, 0.05) is 47.4 Å². The largest absolute Gasteiger partial charge is 0.474 e. The van der Waals surface area contributed by atoms with Crippen LogP contribution >= 0.6 is 22.6 Å². The van der Waals surface area contributed by atoms with Crippen molar-refractivity contribution in [3.8, 4) is 5.88 Å². The van der Waals surface area contributed by atoms with Gasteiger partial charge >= 0.3 is 0 Å². The van der Waals surface area contributed by atoms with E-state index in [9.17, 15) is 0 Å². The minimum Gasteiger partial charge on any atom is -0.474 e. The third-order valence-corrected chi connectivity index (χ3v) is 6.37. The standard InChI is InChI=1S/C22H25IN6O2/c23-15-12-18-19(26-14-15)13-20(29-8-10-30-11-9-29)28-21(18)31-17-4-2-16(3-5-17)27-22-24-6-1-7-25-22/h1,6-7,12-14,16-17H,2-5,8-11H2,(H,24,25,27). The molecule has 0 aromatic carbocycles. The van der Waals surface area contributed by atoms with Gasteiger partial charge in [-0.05, 0) is 60.4 Å². The molecule has 0 atom stereocenters. The molecule has 1 aliphatic carbocycles. The zero-order valence-electron chi connectivity index (χ0n) is 17.2. The average molecular weight is 532 g/mol. The highest BCUT2D eigenvalue weighted by Crippen LogP contribution is 2.32. The van der Waals surface area contributed by atoms with Gasteiger partial charge in [-0.1, -0.05) is 0 Å². The molecule has 2 aliphatic rings. The zero-order chi connectivity index (χ0) is 21.0. The van der Waals surface area contributed by atoms with Crippen LogP contribution in [0.15, 0.2) is 36.8 Å². The number of ether oxygens (including phenoxy) is 2. The highest BCUT2D eigenvalue weighted by atomic mass is 127. The van der Waals surface area contributed by atoms with Gasteiger partial charge in [0.25, 0.3) is 0 Å². The van der Waals surface area contributed by atoms with Gasteiger partial charge in [0.05, 0.1) is 24.1 Å². The Kier molecular flexibility index (Phi) is 6.30. The Bertz CT molecular complexity index is 1020. The topological polar surface area (TPSA) is 85.3 Å². The SMILES string of the molecule is Ic1cnc2cc(N3CCOCC3)nc(OC3CCC(Nc4ncccn4)CC3)c2c1. The summed E-state index contributed by atoms with van der Waals surface area (Å²) >= 11 is 2.29. The van der Waals surface area contributed by atoms with Gasteiger partial charge in [-0.15, -0.1) is 0 Å². The molecular weight excluding hydrogens is 507 g/mol. The summed E-state index contributed by atoms with van der Waals surface area (Å²) in [5.41, 5.74) is 0.920. The molecule has 162 valence electrons. The maximum absolute atomic E-state index is 6.48. The zero-order valence-corrected chi connectivity index (χ0v) is 19.4. The molecule has 0 radical (unpaired) electrons. The predicted molar refractivity (Wildman–Crippen MR) is 128 cm³/mol. The lowest BCUT2D eigenvalue weighted by Gasteiger charge is -2.31. The smallest absolute Gasteiger partial charge is 0.225 e. The first-order valence-electron chi connectivity index (χ1n) is 10.7. The van der Waals surface area contributed by atoms with E-state index in [2.05, 4.69) is 59.9 Å². The van der Waals surface area contributed by atoms with Crippen LogP contribution in [0.25, 0.3) is 10.9 Å². The summed E-state index contributed by atoms with van der Waals surface area (Å²) < 4.78 is 13.1. The van der Waals surface area contributed by atoms with Crippen molar-refractivity contribution in [3.05, 3.63) is 40.4 Å². The van der Waals surface area contributed by atoms with Crippen molar-refractivity contribution in [2.75, 3.05) is 36.5 Å². The average Bonchev–Trinajstić information content (AvgIpc) is 2.82. The number of pyridine rings is 2. The Labute approximate surface area is 194 Å². The van der Waals surface area contributed by atoms with E-state index < -0.39 is 0 Å². The fourth-order valence-corrected chi connectivity index (χ4v) is 4.59. The first-order chi connectivity index (χ1) is 15.2. The number of anilines is 2. The lowest BCUT2D eigenvalue weighted by Crippen LogP contribution is -2.37. The van der Waals surface area contributed by atoms with E-state index in [0.29, 0.717) is 17.9 Å². The fourth-order valence-electron chi connectivity index (χ4n) is 4.14. The molecular formula is C22H25IN6O2. The molecule has 8 nitrogen and oxygen atoms in total. The molecule has 1 N–H and O–H groups in total. The van der Waals surface area contributed by atoms with Crippen LogP contribution in [0.5, 0.6) is 5.88 Å². The van der Waals surface area contributed by atoms with Crippen LogP contribution < -0.4 is 15.0 Å². The number of nitrogens with one attached hydrogen (secondary N) is 1. The third-order valence-electron chi connectivity index (χ3n) is 5.78. The van der Waals surface area contributed by atoms with Gasteiger partial charge < -0.3 is 19.7 Å². The molecule has 3 aromatic heterocycles. The van der Waals surface area contributed by atoms with Crippen LogP contribution in [-0.4, -0.2) is 58.4 Å². The lowest BCUT2D eigenvalue weighted by molar-refractivity contribution is 0.122. The van der Waals surface area contributed by atoms with E-state index in [1.165, 1.54) is 0 Å². The predicted octanol–water partition coefficient (Wildman–Crippen LogP) is 3.66. The molecule has 4 heterocycles. The van der Waals surface area contributed by atoms with E-state index in [1.54, 1.807) is 12.4 Å². The van der Waals surface area contributed by atoms with Gasteiger partial charge in [-0.25, -0.2) is 9.97 Å². The number of halogens is 1. The van der Waals surface area contributed by atoms with Crippen molar-refractivity contribution >= 4 is 45.3 Å². The molecule has 0 amide bonds. The number of aromatic nitrogens is 4. The molecule has 5 rings (SSSR count). The Morgan fingerprint density at radius 1 is 1.03 bits per heavy atom. The molecule has 3 aromatic rings. The van der Waals surface area contributed by atoms with E-state index in [0.717, 1.165) is 72.3 Å². The van der Waals surface area contributed by atoms with Crippen molar-refractivity contribution < 1.29 is 9.47 Å². The molecule has 1 aliphatic heterocycles. The number of hydrogen-bond donors (Lipinski definition) is 1. The summed E-state index contributed by atoms with van der Waals surface area (Å²) in [7, 11) is 0. The summed E-state index contributed by atoms with van der Waals surface area (Å²) in [6.45, 7) is 3.11. The molecule has 31 heavy (non-hydrogen) atoms. The Morgan fingerprint density at radius 3 is 2.58 bits per heavy atom. The first kappa shape index (κ1) is 20.6. The summed E-state index contributed by atoms with van der Waals surface area (Å²) in [4.78, 5) is 20.3. The van der Waals surface area contributed by atoms with Crippen molar-refractivity contribution in [2.24, 2.45) is 0 Å². The van der Waals surface area contributed by atoms with Gasteiger partial charge in [-0.2, -0.15) is 4.98 Å². The van der Waals surface area contributed by atoms with E-state index >= 15 is 0 Å². The van der Waals surface area contributed by atoms with Crippen LogP contribution in [0, 0.1) is 3.57 Å². The Hall–Kier alpha value is -2.27. The lowest BCUT2D eigenvalue weighted by atomic mass is 9.93. The van der Waals surface area contributed by atoms with Crippen molar-refractivity contribution in [1.82, 2.24) is 19.9 Å². The fraction of sp³-hybridized carbons (Fsp3) is 0.455. The van der Waals surface area contributed by atoms with Crippen LogP contribution in [0.2, 0.25) is 0 Å². The van der Waals surface area contributed by atoms with Crippen LogP contribution in [0.3, 0.4) is 0 Å². The number of morpholine rings is 1. The number of rotatable bonds is 5. The maximum atomic E-state index is 6.48. The second-order valence-corrected chi connectivity index (χ2v) is 9.16. The third kappa shape index (κ3) is 4.98. The highest BCUT2D eigenvalue weighted by Gasteiger charge is 2.25. The van der Waals surface area contributed by atoms with Gasteiger partial charge in [0.2, 0.25) is 11.8 Å². The van der Waals surface area contributed by atoms with Crippen molar-refractivity contribution in [2.45, 2.75) is 37.8 Å². The number of hydrogen-bond acceptors (Lipinski definition) is 8. The number of nitrogens with zero attached hydrogens (tertiary/aromatic N) is 5. The molecule has 2 fully saturated rings. The molecule has 1 saturated carbocycles.